The molecular formula is C22H30N2O4. The van der Waals surface area contributed by atoms with Crippen molar-refractivity contribution in [2.75, 3.05) is 27.3 Å². The molecule has 6 heteroatoms. The first-order valence-electron chi connectivity index (χ1n) is 10.0. The fraction of sp³-hybridized carbons (Fsp3) is 0.545. The Balaban J connectivity index is 1.50. The molecule has 0 radical (unpaired) electrons. The molecule has 0 aromatic heterocycles. The number of carbonyl (C=O) groups excluding carboxylic acids is 2. The van der Waals surface area contributed by atoms with Crippen LogP contribution >= 0.6 is 0 Å². The standard InChI is InChI=1S/C22H30N2O4/c1-27-19-9-8-17(12-20(19)28-2)14-24-15-18(13-21(24)25)22(26)23-11-10-16-6-4-3-5-7-16/h6,8-9,12,18H,3-5,7,10-11,13-15H2,1-2H3,(H,23,26). The lowest BCUT2D eigenvalue weighted by molar-refractivity contribution is -0.129. The first-order valence-corrected chi connectivity index (χ1v) is 10.0. The summed E-state index contributed by atoms with van der Waals surface area (Å²) in [5.74, 6) is 1.03. The van der Waals surface area contributed by atoms with E-state index in [0.717, 1.165) is 24.8 Å². The van der Waals surface area contributed by atoms with Gasteiger partial charge in [-0.15, -0.1) is 0 Å². The maximum Gasteiger partial charge on any atom is 0.225 e. The normalized spacial score (nSPS) is 19.4. The highest BCUT2D eigenvalue weighted by Gasteiger charge is 2.34. The SMILES string of the molecule is COc1ccc(CN2CC(C(=O)NCCC3=CCCCC3)CC2=O)cc1OC. The number of nitrogens with one attached hydrogen (secondary N) is 1. The predicted octanol–water partition coefficient (Wildman–Crippen LogP) is 3.06. The maximum absolute atomic E-state index is 12.5. The van der Waals surface area contributed by atoms with Crippen molar-refractivity contribution >= 4 is 11.8 Å². The molecule has 2 aliphatic rings. The molecule has 1 aliphatic heterocycles. The first-order chi connectivity index (χ1) is 13.6. The molecule has 0 spiro atoms. The van der Waals surface area contributed by atoms with Gasteiger partial charge in [-0.05, 0) is 49.8 Å². The average molecular weight is 386 g/mol. The van der Waals surface area contributed by atoms with E-state index in [1.54, 1.807) is 19.1 Å². The zero-order valence-corrected chi connectivity index (χ0v) is 16.8. The van der Waals surface area contributed by atoms with Crippen LogP contribution in [0.4, 0.5) is 0 Å². The van der Waals surface area contributed by atoms with Crippen LogP contribution in [-0.4, -0.2) is 44.0 Å². The van der Waals surface area contributed by atoms with Gasteiger partial charge >= 0.3 is 0 Å². The van der Waals surface area contributed by atoms with Gasteiger partial charge in [0.1, 0.15) is 0 Å². The molecule has 1 aromatic carbocycles. The summed E-state index contributed by atoms with van der Waals surface area (Å²) in [5, 5.41) is 3.01. The molecule has 28 heavy (non-hydrogen) atoms. The number of allylic oxidation sites excluding steroid dienone is 1. The van der Waals surface area contributed by atoms with Gasteiger partial charge in [0.15, 0.2) is 11.5 Å². The number of likely N-dealkylation sites (tertiary alicyclic amines) is 1. The van der Waals surface area contributed by atoms with Crippen LogP contribution in [0.25, 0.3) is 0 Å². The lowest BCUT2D eigenvalue weighted by Crippen LogP contribution is -2.33. The van der Waals surface area contributed by atoms with E-state index in [9.17, 15) is 9.59 Å². The Labute approximate surface area is 166 Å². The van der Waals surface area contributed by atoms with E-state index in [-0.39, 0.29) is 24.2 Å². The van der Waals surface area contributed by atoms with Gasteiger partial charge < -0.3 is 19.7 Å². The Hall–Kier alpha value is -2.50. The Morgan fingerprint density at radius 2 is 2.04 bits per heavy atom. The topological polar surface area (TPSA) is 67.9 Å². The van der Waals surface area contributed by atoms with E-state index in [1.807, 2.05) is 18.2 Å². The molecule has 0 bridgehead atoms. The van der Waals surface area contributed by atoms with Crippen LogP contribution in [-0.2, 0) is 16.1 Å². The van der Waals surface area contributed by atoms with Crippen LogP contribution in [0, 0.1) is 5.92 Å². The molecular weight excluding hydrogens is 356 g/mol. The van der Waals surface area contributed by atoms with Crippen LogP contribution in [0.3, 0.4) is 0 Å². The maximum atomic E-state index is 12.5. The Morgan fingerprint density at radius 3 is 2.75 bits per heavy atom. The van der Waals surface area contributed by atoms with Crippen LogP contribution < -0.4 is 14.8 Å². The number of hydrogen-bond acceptors (Lipinski definition) is 4. The minimum atomic E-state index is -0.270. The zero-order valence-electron chi connectivity index (χ0n) is 16.8. The summed E-state index contributed by atoms with van der Waals surface area (Å²) < 4.78 is 10.6. The lowest BCUT2D eigenvalue weighted by Gasteiger charge is -2.18. The second-order valence-corrected chi connectivity index (χ2v) is 7.51. The van der Waals surface area contributed by atoms with Crippen molar-refractivity contribution in [3.63, 3.8) is 0 Å². The highest BCUT2D eigenvalue weighted by molar-refractivity contribution is 5.89. The van der Waals surface area contributed by atoms with Gasteiger partial charge in [0.25, 0.3) is 0 Å². The minimum Gasteiger partial charge on any atom is -0.493 e. The molecule has 3 rings (SSSR count). The van der Waals surface area contributed by atoms with E-state index in [1.165, 1.54) is 18.4 Å². The third-order valence-corrected chi connectivity index (χ3v) is 5.54. The molecule has 0 saturated carbocycles. The van der Waals surface area contributed by atoms with Crippen molar-refractivity contribution in [1.29, 1.82) is 0 Å². The Kier molecular flexibility index (Phi) is 6.95. The molecule has 1 unspecified atom stereocenters. The van der Waals surface area contributed by atoms with Crippen LogP contribution in [0.2, 0.25) is 0 Å². The number of nitrogens with zero attached hydrogens (tertiary/aromatic N) is 1. The molecule has 1 aliphatic carbocycles. The Morgan fingerprint density at radius 1 is 1.21 bits per heavy atom. The summed E-state index contributed by atoms with van der Waals surface area (Å²) >= 11 is 0. The molecule has 1 atom stereocenters. The summed E-state index contributed by atoms with van der Waals surface area (Å²) in [5.41, 5.74) is 2.40. The van der Waals surface area contributed by atoms with Gasteiger partial charge in [-0.3, -0.25) is 9.59 Å². The predicted molar refractivity (Wildman–Crippen MR) is 107 cm³/mol. The van der Waals surface area contributed by atoms with Gasteiger partial charge in [0.2, 0.25) is 11.8 Å². The lowest BCUT2D eigenvalue weighted by atomic mass is 9.97. The van der Waals surface area contributed by atoms with E-state index in [0.29, 0.717) is 31.1 Å². The number of rotatable bonds is 8. The minimum absolute atomic E-state index is 0.0143. The molecule has 2 amide bonds. The van der Waals surface area contributed by atoms with Crippen molar-refractivity contribution in [3.8, 4) is 11.5 Å². The molecule has 1 fully saturated rings. The molecule has 1 N–H and O–H groups in total. The third-order valence-electron chi connectivity index (χ3n) is 5.54. The molecule has 1 heterocycles. The summed E-state index contributed by atoms with van der Waals surface area (Å²) in [6, 6.07) is 5.62. The van der Waals surface area contributed by atoms with Crippen molar-refractivity contribution in [1.82, 2.24) is 10.2 Å². The van der Waals surface area contributed by atoms with Crippen molar-refractivity contribution < 1.29 is 19.1 Å². The summed E-state index contributed by atoms with van der Waals surface area (Å²) in [7, 11) is 3.18. The second kappa shape index (κ2) is 9.62. The van der Waals surface area contributed by atoms with E-state index in [4.69, 9.17) is 9.47 Å². The largest absolute Gasteiger partial charge is 0.493 e. The first kappa shape index (κ1) is 20.2. The van der Waals surface area contributed by atoms with Gasteiger partial charge in [0.05, 0.1) is 20.1 Å². The van der Waals surface area contributed by atoms with Crippen molar-refractivity contribution in [3.05, 3.63) is 35.4 Å². The Bertz CT molecular complexity index is 744. The number of benzene rings is 1. The summed E-state index contributed by atoms with van der Waals surface area (Å²) in [6.07, 6.45) is 8.34. The molecule has 6 nitrogen and oxygen atoms in total. The number of hydrogen-bond donors (Lipinski definition) is 1. The van der Waals surface area contributed by atoms with E-state index in [2.05, 4.69) is 11.4 Å². The summed E-state index contributed by atoms with van der Waals surface area (Å²) in [4.78, 5) is 26.6. The smallest absolute Gasteiger partial charge is 0.225 e. The van der Waals surface area contributed by atoms with Crippen LogP contribution in [0.5, 0.6) is 11.5 Å². The average Bonchev–Trinajstić information content (AvgIpc) is 3.09. The monoisotopic (exact) mass is 386 g/mol. The highest BCUT2D eigenvalue weighted by Crippen LogP contribution is 2.29. The van der Waals surface area contributed by atoms with Crippen LogP contribution in [0.1, 0.15) is 44.1 Å². The molecule has 1 aromatic rings. The number of carbonyl (C=O) groups is 2. The van der Waals surface area contributed by atoms with E-state index >= 15 is 0 Å². The van der Waals surface area contributed by atoms with Gasteiger partial charge in [-0.1, -0.05) is 17.7 Å². The van der Waals surface area contributed by atoms with Crippen molar-refractivity contribution in [2.45, 2.75) is 45.1 Å². The molecule has 152 valence electrons. The number of amides is 2. The van der Waals surface area contributed by atoms with Crippen molar-refractivity contribution in [2.24, 2.45) is 5.92 Å². The van der Waals surface area contributed by atoms with Gasteiger partial charge in [-0.25, -0.2) is 0 Å². The fourth-order valence-electron chi connectivity index (χ4n) is 3.92. The van der Waals surface area contributed by atoms with Gasteiger partial charge in [-0.2, -0.15) is 0 Å². The number of methoxy groups -OCH3 is 2. The molecule has 1 saturated heterocycles. The highest BCUT2D eigenvalue weighted by atomic mass is 16.5. The number of ether oxygens (including phenoxy) is 2. The van der Waals surface area contributed by atoms with Gasteiger partial charge in [0, 0.05) is 26.1 Å². The fourth-order valence-corrected chi connectivity index (χ4v) is 3.92. The zero-order chi connectivity index (χ0) is 19.9. The van der Waals surface area contributed by atoms with E-state index < -0.39 is 0 Å². The summed E-state index contributed by atoms with van der Waals surface area (Å²) in [6.45, 7) is 1.59. The second-order valence-electron chi connectivity index (χ2n) is 7.51. The third kappa shape index (κ3) is 5.06. The quantitative estimate of drug-likeness (QED) is 0.697. The van der Waals surface area contributed by atoms with Crippen LogP contribution in [0.15, 0.2) is 29.8 Å².